The number of carbonyl (C=O) groups excluding carboxylic acids is 1. The zero-order chi connectivity index (χ0) is 8.27. The van der Waals surface area contributed by atoms with Crippen molar-refractivity contribution in [1.82, 2.24) is 4.90 Å². The van der Waals surface area contributed by atoms with Crippen molar-refractivity contribution in [2.75, 3.05) is 7.11 Å². The molecule has 3 heteroatoms. The van der Waals surface area contributed by atoms with Crippen LogP contribution in [0.25, 0.3) is 0 Å². The largest absolute Gasteiger partial charge is 0.452 e. The lowest BCUT2D eigenvalue weighted by Gasteiger charge is -2.31. The zero-order valence-corrected chi connectivity index (χ0v) is 6.91. The monoisotopic (exact) mass is 155 g/mol. The van der Waals surface area contributed by atoms with Crippen molar-refractivity contribution in [3.63, 3.8) is 0 Å². The van der Waals surface area contributed by atoms with E-state index < -0.39 is 0 Å². The molecule has 0 saturated heterocycles. The third-order valence-corrected chi connectivity index (χ3v) is 1.80. The number of ether oxygens (including phenoxy) is 1. The van der Waals surface area contributed by atoms with Gasteiger partial charge in [-0.15, -0.1) is 0 Å². The first-order valence-corrected chi connectivity index (χ1v) is 3.84. The molecule has 3 nitrogen and oxygen atoms in total. The van der Waals surface area contributed by atoms with Crippen LogP contribution in [0.4, 0.5) is 4.79 Å². The maximum atomic E-state index is 10.9. The summed E-state index contributed by atoms with van der Waals surface area (Å²) >= 11 is 0. The molecule has 0 N–H and O–H groups in total. The predicted molar refractivity (Wildman–Crippen MR) is 42.1 cm³/mol. The third-order valence-electron chi connectivity index (χ3n) is 1.80. The van der Waals surface area contributed by atoms with Crippen LogP contribution in [0.15, 0.2) is 12.3 Å². The van der Waals surface area contributed by atoms with Crippen molar-refractivity contribution in [1.29, 1.82) is 0 Å². The molecule has 0 saturated carbocycles. The van der Waals surface area contributed by atoms with E-state index in [9.17, 15) is 4.79 Å². The lowest BCUT2D eigenvalue weighted by molar-refractivity contribution is 0.123. The van der Waals surface area contributed by atoms with Crippen LogP contribution >= 0.6 is 0 Å². The van der Waals surface area contributed by atoms with Crippen molar-refractivity contribution < 1.29 is 9.53 Å². The van der Waals surface area contributed by atoms with Gasteiger partial charge in [-0.05, 0) is 12.5 Å². The quantitative estimate of drug-likeness (QED) is 0.608. The van der Waals surface area contributed by atoms with Gasteiger partial charge in [0.15, 0.2) is 0 Å². The van der Waals surface area contributed by atoms with Gasteiger partial charge >= 0.3 is 6.09 Å². The fourth-order valence-corrected chi connectivity index (χ4v) is 1.13. The first-order valence-electron chi connectivity index (χ1n) is 3.84. The smallest absolute Gasteiger partial charge is 0.414 e. The molecule has 0 aliphatic carbocycles. The molecule has 1 heterocycles. The Labute approximate surface area is 66.6 Å². The highest BCUT2D eigenvalue weighted by atomic mass is 16.5. The molecule has 1 unspecified atom stereocenters. The van der Waals surface area contributed by atoms with E-state index in [4.69, 9.17) is 0 Å². The van der Waals surface area contributed by atoms with Gasteiger partial charge in [-0.25, -0.2) is 4.79 Å². The van der Waals surface area contributed by atoms with Crippen LogP contribution in [0, 0.1) is 0 Å². The van der Waals surface area contributed by atoms with E-state index in [1.807, 2.05) is 6.08 Å². The molecule has 0 aromatic heterocycles. The number of rotatable bonds is 2. The van der Waals surface area contributed by atoms with Gasteiger partial charge in [0.25, 0.3) is 0 Å². The summed E-state index contributed by atoms with van der Waals surface area (Å²) in [5.41, 5.74) is 0. The third kappa shape index (κ3) is 1.53. The molecular weight excluding hydrogens is 142 g/mol. The Bertz CT molecular complexity index is 177. The van der Waals surface area contributed by atoms with Crippen molar-refractivity contribution in [3.05, 3.63) is 12.3 Å². The lowest BCUT2D eigenvalue weighted by atomic mass is 10.1. The van der Waals surface area contributed by atoms with Crippen LogP contribution in [0.5, 0.6) is 0 Å². The van der Waals surface area contributed by atoms with E-state index in [0.29, 0.717) is 0 Å². The summed E-state index contributed by atoms with van der Waals surface area (Å²) in [7, 11) is 1.40. The second-order valence-electron chi connectivity index (χ2n) is 2.57. The van der Waals surface area contributed by atoms with Crippen LogP contribution in [0.3, 0.4) is 0 Å². The molecule has 0 aromatic rings. The Kier molecular flexibility index (Phi) is 2.52. The van der Waals surface area contributed by atoms with E-state index >= 15 is 0 Å². The highest BCUT2D eigenvalue weighted by Gasteiger charge is 2.25. The Balaban J connectivity index is 2.39. The standard InChI is InChI=1S/C8H13NO2/c1-3-4-7-5-6-9(7)8(10)11-2/h5-7H,3-4H2,1-2H3. The summed E-state index contributed by atoms with van der Waals surface area (Å²) in [6, 6.07) is 0.271. The Morgan fingerprint density at radius 1 is 1.73 bits per heavy atom. The molecule has 1 aliphatic heterocycles. The first kappa shape index (κ1) is 8.11. The number of hydrogen-bond donors (Lipinski definition) is 0. The maximum Gasteiger partial charge on any atom is 0.414 e. The van der Waals surface area contributed by atoms with Crippen LogP contribution in [-0.4, -0.2) is 24.1 Å². The normalized spacial score (nSPS) is 21.3. The van der Waals surface area contributed by atoms with Gasteiger partial charge in [-0.1, -0.05) is 13.3 Å². The van der Waals surface area contributed by atoms with E-state index in [1.54, 1.807) is 11.1 Å². The molecule has 1 aliphatic rings. The van der Waals surface area contributed by atoms with Gasteiger partial charge in [0.05, 0.1) is 13.2 Å². The molecule has 0 radical (unpaired) electrons. The molecule has 1 rings (SSSR count). The fraction of sp³-hybridized carbons (Fsp3) is 0.625. The zero-order valence-electron chi connectivity index (χ0n) is 6.91. The molecule has 0 fully saturated rings. The van der Waals surface area contributed by atoms with Gasteiger partial charge in [-0.3, -0.25) is 4.90 Å². The maximum absolute atomic E-state index is 10.9. The van der Waals surface area contributed by atoms with Crippen molar-refractivity contribution >= 4 is 6.09 Å². The molecule has 1 atom stereocenters. The predicted octanol–water partition coefficient (Wildman–Crippen LogP) is 1.75. The van der Waals surface area contributed by atoms with E-state index in [1.165, 1.54) is 7.11 Å². The van der Waals surface area contributed by atoms with E-state index in [2.05, 4.69) is 11.7 Å². The average Bonchev–Trinajstić information content (AvgIpc) is 1.98. The highest BCUT2D eigenvalue weighted by Crippen LogP contribution is 2.18. The van der Waals surface area contributed by atoms with E-state index in [0.717, 1.165) is 12.8 Å². The van der Waals surface area contributed by atoms with Gasteiger partial charge in [0.2, 0.25) is 0 Å². The molecule has 62 valence electrons. The highest BCUT2D eigenvalue weighted by molar-refractivity contribution is 5.71. The number of nitrogens with zero attached hydrogens (tertiary/aromatic N) is 1. The summed E-state index contributed by atoms with van der Waals surface area (Å²) in [6.07, 6.45) is 5.62. The Morgan fingerprint density at radius 2 is 2.45 bits per heavy atom. The summed E-state index contributed by atoms with van der Waals surface area (Å²) in [4.78, 5) is 12.5. The minimum atomic E-state index is -0.258. The second kappa shape index (κ2) is 3.42. The molecule has 1 amide bonds. The summed E-state index contributed by atoms with van der Waals surface area (Å²) in [6.45, 7) is 2.10. The Morgan fingerprint density at radius 3 is 2.82 bits per heavy atom. The number of carbonyl (C=O) groups is 1. The van der Waals surface area contributed by atoms with Crippen LogP contribution in [0.1, 0.15) is 19.8 Å². The molecule has 0 bridgehead atoms. The van der Waals surface area contributed by atoms with Crippen LogP contribution in [-0.2, 0) is 4.74 Å². The lowest BCUT2D eigenvalue weighted by Crippen LogP contribution is -2.40. The van der Waals surface area contributed by atoms with Crippen molar-refractivity contribution in [3.8, 4) is 0 Å². The van der Waals surface area contributed by atoms with Crippen LogP contribution < -0.4 is 0 Å². The minimum absolute atomic E-state index is 0.258. The van der Waals surface area contributed by atoms with Gasteiger partial charge in [0, 0.05) is 6.20 Å². The first-order chi connectivity index (χ1) is 5.29. The summed E-state index contributed by atoms with van der Waals surface area (Å²) < 4.78 is 4.57. The van der Waals surface area contributed by atoms with Gasteiger partial charge < -0.3 is 4.74 Å². The molecule has 11 heavy (non-hydrogen) atoms. The summed E-state index contributed by atoms with van der Waals surface area (Å²) in [5, 5.41) is 0. The average molecular weight is 155 g/mol. The molecule has 0 spiro atoms. The van der Waals surface area contributed by atoms with Crippen LogP contribution in [0.2, 0.25) is 0 Å². The van der Waals surface area contributed by atoms with Gasteiger partial charge in [-0.2, -0.15) is 0 Å². The van der Waals surface area contributed by atoms with Gasteiger partial charge in [0.1, 0.15) is 0 Å². The SMILES string of the molecule is CCCC1C=CN1C(=O)OC. The van der Waals surface area contributed by atoms with Crippen molar-refractivity contribution in [2.24, 2.45) is 0 Å². The molecular formula is C8H13NO2. The number of hydrogen-bond acceptors (Lipinski definition) is 2. The molecule has 0 aromatic carbocycles. The van der Waals surface area contributed by atoms with E-state index in [-0.39, 0.29) is 12.1 Å². The number of methoxy groups -OCH3 is 1. The topological polar surface area (TPSA) is 29.5 Å². The minimum Gasteiger partial charge on any atom is -0.452 e. The fourth-order valence-electron chi connectivity index (χ4n) is 1.13. The number of amides is 1. The van der Waals surface area contributed by atoms with Crippen molar-refractivity contribution in [2.45, 2.75) is 25.8 Å². The Hall–Kier alpha value is -0.990. The second-order valence-corrected chi connectivity index (χ2v) is 2.57. The summed E-state index contributed by atoms with van der Waals surface area (Å²) in [5.74, 6) is 0.